The van der Waals surface area contributed by atoms with E-state index in [0.29, 0.717) is 31.0 Å². The third-order valence-electron chi connectivity index (χ3n) is 10.9. The van der Waals surface area contributed by atoms with Crippen LogP contribution in [0.3, 0.4) is 0 Å². The fourth-order valence-corrected chi connectivity index (χ4v) is 10.2. The molecule has 6 rings (SSSR count). The van der Waals surface area contributed by atoms with Crippen molar-refractivity contribution in [1.82, 2.24) is 20.4 Å². The van der Waals surface area contributed by atoms with Gasteiger partial charge in [-0.25, -0.2) is 9.59 Å². The third-order valence-corrected chi connectivity index (χ3v) is 13.3. The quantitative estimate of drug-likeness (QED) is 0.0994. The highest BCUT2D eigenvalue weighted by atomic mass is 32.2. The van der Waals surface area contributed by atoms with Crippen molar-refractivity contribution in [3.8, 4) is 0 Å². The Morgan fingerprint density at radius 3 is 1.90 bits per heavy atom. The van der Waals surface area contributed by atoms with E-state index in [1.54, 1.807) is 16.7 Å². The molecule has 4 aromatic carbocycles. The fraction of sp³-hybridized carbons (Fsp3) is 0.404. The Morgan fingerprint density at radius 2 is 1.36 bits per heavy atom. The van der Waals surface area contributed by atoms with Crippen LogP contribution >= 0.6 is 23.5 Å². The van der Waals surface area contributed by atoms with Crippen LogP contribution in [0.2, 0.25) is 0 Å². The van der Waals surface area contributed by atoms with Crippen molar-refractivity contribution in [3.63, 3.8) is 0 Å². The van der Waals surface area contributed by atoms with Crippen molar-refractivity contribution < 1.29 is 29.0 Å². The van der Waals surface area contributed by atoms with Gasteiger partial charge in [-0.2, -0.15) is 11.8 Å². The van der Waals surface area contributed by atoms with Gasteiger partial charge >= 0.3 is 12.1 Å². The zero-order chi connectivity index (χ0) is 42.0. The summed E-state index contributed by atoms with van der Waals surface area (Å²) in [7, 11) is 0. The monoisotopic (exact) mass is 836 g/mol. The molecule has 3 unspecified atom stereocenters. The van der Waals surface area contributed by atoms with E-state index >= 15 is 0 Å². The molecule has 3 amide bonds. The summed E-state index contributed by atoms with van der Waals surface area (Å²) in [4.78, 5) is 58.3. The number of amides is 3. The number of hydrogen-bond acceptors (Lipinski definition) is 8. The van der Waals surface area contributed by atoms with Gasteiger partial charge in [-0.3, -0.25) is 14.5 Å². The van der Waals surface area contributed by atoms with Crippen LogP contribution in [0.15, 0.2) is 115 Å². The highest BCUT2D eigenvalue weighted by Crippen LogP contribution is 2.48. The fourth-order valence-electron chi connectivity index (χ4n) is 8.16. The summed E-state index contributed by atoms with van der Waals surface area (Å²) in [5, 5.41) is 15.9. The first-order valence-corrected chi connectivity index (χ1v) is 22.7. The Morgan fingerprint density at radius 1 is 0.797 bits per heavy atom. The summed E-state index contributed by atoms with van der Waals surface area (Å²) in [6, 6.07) is 36.1. The average molecular weight is 837 g/mol. The van der Waals surface area contributed by atoms with Gasteiger partial charge in [0.25, 0.3) is 0 Å². The molecule has 0 radical (unpaired) electrons. The minimum absolute atomic E-state index is 0.177. The molecule has 0 bridgehead atoms. The van der Waals surface area contributed by atoms with E-state index in [2.05, 4.69) is 51.9 Å². The van der Waals surface area contributed by atoms with Crippen LogP contribution in [0.25, 0.3) is 0 Å². The molecule has 4 aromatic rings. The molecule has 0 saturated carbocycles. The zero-order valence-electron chi connectivity index (χ0n) is 34.3. The van der Waals surface area contributed by atoms with Crippen LogP contribution in [-0.4, -0.2) is 99.4 Å². The van der Waals surface area contributed by atoms with E-state index in [0.717, 1.165) is 34.2 Å². The van der Waals surface area contributed by atoms with Crippen LogP contribution in [0, 0.1) is 0 Å². The van der Waals surface area contributed by atoms with E-state index in [1.165, 1.54) is 11.8 Å². The van der Waals surface area contributed by atoms with E-state index in [9.17, 15) is 24.3 Å². The Bertz CT molecular complexity index is 1930. The van der Waals surface area contributed by atoms with E-state index in [-0.39, 0.29) is 25.3 Å². The lowest BCUT2D eigenvalue weighted by atomic mass is 9.84. The molecule has 12 heteroatoms. The number of alkyl carbamates (subject to hydrolysis) is 1. The number of benzene rings is 4. The normalized spacial score (nSPS) is 18.0. The molecule has 2 heterocycles. The van der Waals surface area contributed by atoms with Gasteiger partial charge in [0.15, 0.2) is 0 Å². The predicted molar refractivity (Wildman–Crippen MR) is 236 cm³/mol. The van der Waals surface area contributed by atoms with Crippen LogP contribution in [0.4, 0.5) is 4.79 Å². The molecule has 2 aliphatic rings. The number of carboxylic acids is 1. The minimum atomic E-state index is -1.10. The summed E-state index contributed by atoms with van der Waals surface area (Å²) < 4.78 is 5.16. The molecule has 0 spiro atoms. The highest BCUT2D eigenvalue weighted by Gasteiger charge is 2.43. The Labute approximate surface area is 356 Å². The highest BCUT2D eigenvalue weighted by molar-refractivity contribution is 8.00. The van der Waals surface area contributed by atoms with Crippen LogP contribution < -0.4 is 10.6 Å². The summed E-state index contributed by atoms with van der Waals surface area (Å²) in [6.07, 6.45) is 3.28. The number of hydrogen-bond donors (Lipinski definition) is 3. The van der Waals surface area contributed by atoms with Crippen molar-refractivity contribution in [2.75, 3.05) is 30.9 Å². The number of rotatable bonds is 16. The Hall–Kier alpha value is -4.78. The Kier molecular flexibility index (Phi) is 14.8. The molecular weight excluding hydrogens is 781 g/mol. The van der Waals surface area contributed by atoms with Crippen LogP contribution in [-0.2, 0) is 36.8 Å². The standard InChI is InChI=1S/C47H56N4O6S2/c1-46(2,3)57-45(56)48-38(32-59-47(35-19-8-5-9-20-35,36-21-10-6-11-22-36)37-23-12-7-13-24-37)31-50-27-16-25-40(50)43(53)51-30-34-18-15-14-17-33(34)29-41(51)42(52)49-39(44(54)55)26-28-58-4/h5-15,17-24,38-41H,16,25-32H2,1-4H3,(H,48,56)(H,49,52)(H,54,55)/t38?,39?,40-,41?/m0/s1. The van der Waals surface area contributed by atoms with Crippen molar-refractivity contribution in [2.45, 2.75) is 87.5 Å². The second kappa shape index (κ2) is 20.0. The predicted octanol–water partition coefficient (Wildman–Crippen LogP) is 7.35. The van der Waals surface area contributed by atoms with Gasteiger partial charge in [0.2, 0.25) is 11.8 Å². The summed E-state index contributed by atoms with van der Waals surface area (Å²) in [5.41, 5.74) is 4.51. The van der Waals surface area contributed by atoms with Gasteiger partial charge < -0.3 is 25.4 Å². The Balaban J connectivity index is 1.30. The number of fused-ring (bicyclic) bond motifs is 1. The van der Waals surface area contributed by atoms with E-state index in [4.69, 9.17) is 4.74 Å². The largest absolute Gasteiger partial charge is 0.480 e. The van der Waals surface area contributed by atoms with Crippen LogP contribution in [0.1, 0.15) is 67.9 Å². The molecule has 1 fully saturated rings. The van der Waals surface area contributed by atoms with E-state index < -0.39 is 52.5 Å². The maximum Gasteiger partial charge on any atom is 0.407 e. The SMILES string of the molecule is CSCCC(NC(=O)C1Cc2ccccc2CN1C(=O)[C@@H]1CCCN1CC(CSC(c1ccccc1)(c1ccccc1)c1ccccc1)NC(=O)OC(C)(C)C)C(=O)O. The second-order valence-electron chi connectivity index (χ2n) is 16.2. The summed E-state index contributed by atoms with van der Waals surface area (Å²) in [5.74, 6) is -0.690. The van der Waals surface area contributed by atoms with Gasteiger partial charge in [0.05, 0.1) is 16.8 Å². The van der Waals surface area contributed by atoms with Gasteiger partial charge in [0, 0.05) is 25.3 Å². The summed E-state index contributed by atoms with van der Waals surface area (Å²) in [6.45, 7) is 6.74. The number of carboxylic acid groups (broad SMARTS) is 1. The number of thioether (sulfide) groups is 2. The molecule has 59 heavy (non-hydrogen) atoms. The van der Waals surface area contributed by atoms with Crippen molar-refractivity contribution in [3.05, 3.63) is 143 Å². The third kappa shape index (κ3) is 10.9. The van der Waals surface area contributed by atoms with Crippen molar-refractivity contribution in [2.24, 2.45) is 0 Å². The topological polar surface area (TPSA) is 128 Å². The molecule has 0 aliphatic carbocycles. The second-order valence-corrected chi connectivity index (χ2v) is 18.4. The minimum Gasteiger partial charge on any atom is -0.480 e. The lowest BCUT2D eigenvalue weighted by Gasteiger charge is -2.40. The van der Waals surface area contributed by atoms with E-state index in [1.807, 2.05) is 106 Å². The van der Waals surface area contributed by atoms with Gasteiger partial charge in [-0.1, -0.05) is 115 Å². The molecule has 0 aromatic heterocycles. The maximum atomic E-state index is 14.9. The molecule has 312 valence electrons. The molecule has 4 atom stereocenters. The van der Waals surface area contributed by atoms with Crippen molar-refractivity contribution in [1.29, 1.82) is 0 Å². The number of likely N-dealkylation sites (tertiary alicyclic amines) is 1. The van der Waals surface area contributed by atoms with Gasteiger partial charge in [0.1, 0.15) is 17.7 Å². The molecule has 10 nitrogen and oxygen atoms in total. The first-order valence-electron chi connectivity index (χ1n) is 20.3. The molecular formula is C47H56N4O6S2. The number of ether oxygens (including phenoxy) is 1. The van der Waals surface area contributed by atoms with Gasteiger partial charge in [-0.05, 0) is 86.4 Å². The number of aliphatic carboxylic acids is 1. The lowest BCUT2D eigenvalue weighted by Crippen LogP contribution is -2.59. The lowest BCUT2D eigenvalue weighted by molar-refractivity contribution is -0.147. The number of carbonyl (C=O) groups excluding carboxylic acids is 3. The molecule has 2 aliphatic heterocycles. The van der Waals surface area contributed by atoms with Crippen LogP contribution in [0.5, 0.6) is 0 Å². The number of nitrogens with one attached hydrogen (secondary N) is 2. The first-order chi connectivity index (χ1) is 28.4. The smallest absolute Gasteiger partial charge is 0.407 e. The number of nitrogens with zero attached hydrogens (tertiary/aromatic N) is 2. The maximum absolute atomic E-state index is 14.9. The average Bonchev–Trinajstić information content (AvgIpc) is 3.70. The first kappa shape index (κ1) is 43.8. The number of carbonyl (C=O) groups is 4. The molecule has 3 N–H and O–H groups in total. The van der Waals surface area contributed by atoms with Gasteiger partial charge in [-0.15, -0.1) is 11.8 Å². The molecule has 1 saturated heterocycles. The summed E-state index contributed by atoms with van der Waals surface area (Å²) >= 11 is 3.25. The zero-order valence-corrected chi connectivity index (χ0v) is 36.0. The van der Waals surface area contributed by atoms with Crippen molar-refractivity contribution >= 4 is 47.4 Å².